The van der Waals surface area contributed by atoms with E-state index >= 15 is 0 Å². The molecule has 0 aliphatic carbocycles. The number of hydrogen-bond acceptors (Lipinski definition) is 3. The van der Waals surface area contributed by atoms with Crippen molar-refractivity contribution < 1.29 is 13.9 Å². The van der Waals surface area contributed by atoms with Gasteiger partial charge < -0.3 is 10.5 Å². The summed E-state index contributed by atoms with van der Waals surface area (Å²) >= 11 is 6.09. The highest BCUT2D eigenvalue weighted by atomic mass is 35.5. The molecule has 0 fully saturated rings. The first-order valence-corrected chi connectivity index (χ1v) is 6.50. The van der Waals surface area contributed by atoms with Gasteiger partial charge in [0.1, 0.15) is 5.82 Å². The number of nitrogens with two attached hydrogens (primary N) is 1. The summed E-state index contributed by atoms with van der Waals surface area (Å²) in [5, 5.41) is 0.273. The van der Waals surface area contributed by atoms with Crippen molar-refractivity contribution in [2.75, 3.05) is 7.11 Å². The zero-order valence-corrected chi connectivity index (χ0v) is 12.1. The first kappa shape index (κ1) is 15.9. The number of carbonyl (C=O) groups excluding carboxylic acids is 1. The molecule has 0 amide bonds. The lowest BCUT2D eigenvalue weighted by molar-refractivity contribution is -0.142. The molecule has 0 aromatic heterocycles. The van der Waals surface area contributed by atoms with Crippen molar-refractivity contribution in [2.24, 2.45) is 5.73 Å². The first-order chi connectivity index (χ1) is 8.85. The molecule has 0 aliphatic rings. The first-order valence-electron chi connectivity index (χ1n) is 6.13. The van der Waals surface area contributed by atoms with Crippen molar-refractivity contribution in [3.63, 3.8) is 0 Å². The number of benzene rings is 1. The largest absolute Gasteiger partial charge is 0.469 e. The molecule has 0 radical (unpaired) electrons. The zero-order valence-electron chi connectivity index (χ0n) is 11.4. The molecule has 0 saturated carbocycles. The fraction of sp³-hybridized carbons (Fsp3) is 0.500. The third-order valence-corrected chi connectivity index (χ3v) is 3.86. The fourth-order valence-electron chi connectivity index (χ4n) is 2.20. The van der Waals surface area contributed by atoms with Gasteiger partial charge in [-0.15, -0.1) is 0 Å². The molecule has 1 rings (SSSR count). The van der Waals surface area contributed by atoms with Crippen molar-refractivity contribution in [2.45, 2.75) is 38.1 Å². The van der Waals surface area contributed by atoms with Crippen molar-refractivity contribution in [3.05, 3.63) is 34.6 Å². The van der Waals surface area contributed by atoms with Crippen LogP contribution >= 0.6 is 11.6 Å². The Bertz CT molecular complexity index is 467. The summed E-state index contributed by atoms with van der Waals surface area (Å²) in [6.45, 7) is 3.77. The summed E-state index contributed by atoms with van der Waals surface area (Å²) in [5.74, 6) is -0.786. The second kappa shape index (κ2) is 6.35. The van der Waals surface area contributed by atoms with Crippen LogP contribution in [0.4, 0.5) is 4.39 Å². The van der Waals surface area contributed by atoms with E-state index in [9.17, 15) is 9.18 Å². The normalized spacial score (nSPS) is 15.7. The average Bonchev–Trinajstić information content (AvgIpc) is 2.37. The van der Waals surface area contributed by atoms with E-state index in [1.807, 2.05) is 13.8 Å². The van der Waals surface area contributed by atoms with Crippen LogP contribution in [0, 0.1) is 5.82 Å². The molecule has 0 saturated heterocycles. The van der Waals surface area contributed by atoms with E-state index in [0.29, 0.717) is 12.0 Å². The lowest BCUT2D eigenvalue weighted by Crippen LogP contribution is -2.44. The predicted molar refractivity (Wildman–Crippen MR) is 73.7 cm³/mol. The highest BCUT2D eigenvalue weighted by Crippen LogP contribution is 2.37. The predicted octanol–water partition coefficient (Wildman–Crippen LogP) is 3.04. The zero-order chi connectivity index (χ0) is 14.6. The minimum absolute atomic E-state index is 0.101. The Kier molecular flexibility index (Phi) is 5.32. The summed E-state index contributed by atoms with van der Waals surface area (Å²) in [6.07, 6.45) is 0.769. The van der Waals surface area contributed by atoms with Crippen LogP contribution in [0.1, 0.15) is 32.3 Å². The van der Waals surface area contributed by atoms with Gasteiger partial charge in [-0.2, -0.15) is 0 Å². The molecule has 2 atom stereocenters. The Morgan fingerprint density at radius 3 is 2.68 bits per heavy atom. The van der Waals surface area contributed by atoms with E-state index in [4.69, 9.17) is 22.1 Å². The van der Waals surface area contributed by atoms with E-state index in [0.717, 1.165) is 0 Å². The maximum absolute atomic E-state index is 13.1. The molecule has 3 nitrogen and oxygen atoms in total. The molecule has 106 valence electrons. The maximum atomic E-state index is 13.1. The number of rotatable bonds is 5. The lowest BCUT2D eigenvalue weighted by atomic mass is 9.72. The van der Waals surface area contributed by atoms with Crippen molar-refractivity contribution in [1.82, 2.24) is 0 Å². The number of methoxy groups -OCH3 is 1. The van der Waals surface area contributed by atoms with Gasteiger partial charge in [-0.25, -0.2) is 4.39 Å². The molecule has 0 aliphatic heterocycles. The summed E-state index contributed by atoms with van der Waals surface area (Å²) < 4.78 is 17.9. The molecule has 0 heterocycles. The van der Waals surface area contributed by atoms with Crippen LogP contribution in [0.3, 0.4) is 0 Å². The van der Waals surface area contributed by atoms with Gasteiger partial charge in [-0.05, 0) is 24.1 Å². The van der Waals surface area contributed by atoms with E-state index in [1.54, 1.807) is 6.07 Å². The van der Waals surface area contributed by atoms with E-state index < -0.39 is 11.2 Å². The van der Waals surface area contributed by atoms with Crippen LogP contribution in [0.25, 0.3) is 0 Å². The monoisotopic (exact) mass is 287 g/mol. The second-order valence-corrected chi connectivity index (χ2v) is 5.22. The van der Waals surface area contributed by atoms with Crippen molar-refractivity contribution >= 4 is 17.6 Å². The molecule has 2 unspecified atom stereocenters. The van der Waals surface area contributed by atoms with E-state index in [1.165, 1.54) is 19.2 Å². The van der Waals surface area contributed by atoms with Gasteiger partial charge in [0.25, 0.3) is 0 Å². The Labute approximate surface area is 117 Å². The molecular weight excluding hydrogens is 269 g/mol. The molecule has 0 bridgehead atoms. The van der Waals surface area contributed by atoms with Crippen LogP contribution < -0.4 is 5.73 Å². The quantitative estimate of drug-likeness (QED) is 0.847. The van der Waals surface area contributed by atoms with Crippen LogP contribution in [0.2, 0.25) is 5.02 Å². The number of ether oxygens (including phenoxy) is 1. The number of hydrogen-bond donors (Lipinski definition) is 1. The highest BCUT2D eigenvalue weighted by molar-refractivity contribution is 6.31. The molecule has 1 aromatic carbocycles. The maximum Gasteiger partial charge on any atom is 0.306 e. The van der Waals surface area contributed by atoms with Crippen LogP contribution in [-0.2, 0) is 14.9 Å². The van der Waals surface area contributed by atoms with Crippen LogP contribution in [-0.4, -0.2) is 19.1 Å². The highest BCUT2D eigenvalue weighted by Gasteiger charge is 2.37. The third kappa shape index (κ3) is 3.45. The van der Waals surface area contributed by atoms with Gasteiger partial charge in [0.05, 0.1) is 13.5 Å². The summed E-state index contributed by atoms with van der Waals surface area (Å²) in [5.41, 5.74) is 6.11. The molecular formula is C14H19ClFNO2. The van der Waals surface area contributed by atoms with Gasteiger partial charge in [0, 0.05) is 16.5 Å². The Balaban J connectivity index is 3.26. The van der Waals surface area contributed by atoms with Gasteiger partial charge in [-0.1, -0.05) is 31.5 Å². The second-order valence-electron chi connectivity index (χ2n) is 4.81. The average molecular weight is 288 g/mol. The van der Waals surface area contributed by atoms with Gasteiger partial charge >= 0.3 is 5.97 Å². The third-order valence-electron chi connectivity index (χ3n) is 3.54. The molecule has 0 spiro atoms. The van der Waals surface area contributed by atoms with Crippen LogP contribution in [0.5, 0.6) is 0 Å². The standard InChI is InChI=1S/C14H19ClFNO2/c1-4-12(17)14(2,8-13(18)19-3)10-6-5-9(16)7-11(10)15/h5-7,12H,4,8,17H2,1-3H3. The van der Waals surface area contributed by atoms with Gasteiger partial charge in [0.2, 0.25) is 0 Å². The number of halogens is 2. The summed E-state index contributed by atoms with van der Waals surface area (Å²) in [4.78, 5) is 11.6. The molecule has 5 heteroatoms. The minimum Gasteiger partial charge on any atom is -0.469 e. The van der Waals surface area contributed by atoms with E-state index in [2.05, 4.69) is 0 Å². The minimum atomic E-state index is -0.688. The Morgan fingerprint density at radius 1 is 1.58 bits per heavy atom. The smallest absolute Gasteiger partial charge is 0.306 e. The Hall–Kier alpha value is -1.13. The molecule has 2 N–H and O–H groups in total. The van der Waals surface area contributed by atoms with Crippen molar-refractivity contribution in [1.29, 1.82) is 0 Å². The van der Waals surface area contributed by atoms with Crippen LogP contribution in [0.15, 0.2) is 18.2 Å². The topological polar surface area (TPSA) is 52.3 Å². The number of carbonyl (C=O) groups is 1. The summed E-state index contributed by atoms with van der Waals surface area (Å²) in [6, 6.07) is 3.85. The van der Waals surface area contributed by atoms with Gasteiger partial charge in [-0.3, -0.25) is 4.79 Å². The van der Waals surface area contributed by atoms with Gasteiger partial charge in [0.15, 0.2) is 0 Å². The number of esters is 1. The Morgan fingerprint density at radius 2 is 2.21 bits per heavy atom. The molecule has 1 aromatic rings. The summed E-state index contributed by atoms with van der Waals surface area (Å²) in [7, 11) is 1.33. The van der Waals surface area contributed by atoms with Crippen molar-refractivity contribution in [3.8, 4) is 0 Å². The molecule has 19 heavy (non-hydrogen) atoms. The lowest BCUT2D eigenvalue weighted by Gasteiger charge is -2.35. The fourth-order valence-corrected chi connectivity index (χ4v) is 2.58. The van der Waals surface area contributed by atoms with E-state index in [-0.39, 0.29) is 23.5 Å². The SMILES string of the molecule is CCC(N)C(C)(CC(=O)OC)c1ccc(F)cc1Cl.